The van der Waals surface area contributed by atoms with Crippen LogP contribution in [-0.2, 0) is 0 Å². The molecule has 0 radical (unpaired) electrons. The van der Waals surface area contributed by atoms with Gasteiger partial charge in [-0.2, -0.15) is 5.26 Å². The molecule has 3 rings (SSSR count). The molecule has 3 aromatic rings. The number of nitrogens with zero attached hydrogens (tertiary/aromatic N) is 2. The van der Waals surface area contributed by atoms with Gasteiger partial charge in [0.2, 0.25) is 0 Å². The average molecular weight is 286 g/mol. The van der Waals surface area contributed by atoms with Crippen molar-refractivity contribution in [2.24, 2.45) is 0 Å². The summed E-state index contributed by atoms with van der Waals surface area (Å²) in [5, 5.41) is 9.27. The minimum absolute atomic E-state index is 0.125. The van der Waals surface area contributed by atoms with Gasteiger partial charge in [-0.15, -0.1) is 0 Å². The average Bonchev–Trinajstić information content (AvgIpc) is 2.57. The van der Waals surface area contributed by atoms with E-state index >= 15 is 0 Å². The summed E-state index contributed by atoms with van der Waals surface area (Å²) in [5.74, 6) is 0. The molecule has 0 saturated carbocycles. The topological polar surface area (TPSA) is 45.8 Å². The second-order valence-corrected chi connectivity index (χ2v) is 5.10. The Morgan fingerprint density at radius 3 is 2.36 bits per heavy atom. The van der Waals surface area contributed by atoms with E-state index in [2.05, 4.69) is 6.07 Å². The molecular formula is C19H14N2O. The van der Waals surface area contributed by atoms with Crippen molar-refractivity contribution in [2.45, 2.75) is 6.92 Å². The summed E-state index contributed by atoms with van der Waals surface area (Å²) in [7, 11) is 0. The van der Waals surface area contributed by atoms with E-state index in [1.54, 1.807) is 16.7 Å². The lowest BCUT2D eigenvalue weighted by Crippen LogP contribution is -2.20. The molecular weight excluding hydrogens is 272 g/mol. The fourth-order valence-electron chi connectivity index (χ4n) is 2.51. The van der Waals surface area contributed by atoms with Crippen molar-refractivity contribution < 1.29 is 0 Å². The molecule has 2 aromatic carbocycles. The summed E-state index contributed by atoms with van der Waals surface area (Å²) in [4.78, 5) is 12.8. The summed E-state index contributed by atoms with van der Waals surface area (Å²) >= 11 is 0. The lowest BCUT2D eigenvalue weighted by atomic mass is 10.0. The zero-order valence-corrected chi connectivity index (χ0v) is 12.2. The highest BCUT2D eigenvalue weighted by Gasteiger charge is 2.12. The third-order valence-corrected chi connectivity index (χ3v) is 3.53. The first kappa shape index (κ1) is 13.8. The van der Waals surface area contributed by atoms with Crippen molar-refractivity contribution in [2.75, 3.05) is 0 Å². The summed E-state index contributed by atoms with van der Waals surface area (Å²) in [6.45, 7) is 1.94. The largest absolute Gasteiger partial charge is 0.284 e. The van der Waals surface area contributed by atoms with Gasteiger partial charge in [-0.3, -0.25) is 9.36 Å². The van der Waals surface area contributed by atoms with Crippen LogP contribution >= 0.6 is 0 Å². The van der Waals surface area contributed by atoms with Crippen LogP contribution in [0.3, 0.4) is 0 Å². The van der Waals surface area contributed by atoms with Crippen molar-refractivity contribution in [3.8, 4) is 22.9 Å². The molecule has 0 spiro atoms. The van der Waals surface area contributed by atoms with Gasteiger partial charge in [-0.25, -0.2) is 0 Å². The van der Waals surface area contributed by atoms with Gasteiger partial charge < -0.3 is 0 Å². The van der Waals surface area contributed by atoms with E-state index in [-0.39, 0.29) is 5.56 Å². The number of rotatable bonds is 2. The first-order chi connectivity index (χ1) is 10.7. The molecule has 0 aliphatic heterocycles. The highest BCUT2D eigenvalue weighted by Crippen LogP contribution is 2.21. The van der Waals surface area contributed by atoms with E-state index in [1.807, 2.05) is 61.7 Å². The number of aryl methyl sites for hydroxylation is 1. The Morgan fingerprint density at radius 2 is 1.64 bits per heavy atom. The molecule has 0 atom stereocenters. The Labute approximate surface area is 128 Å². The molecule has 3 nitrogen and oxygen atoms in total. The number of pyridine rings is 1. The smallest absolute Gasteiger partial charge is 0.263 e. The summed E-state index contributed by atoms with van der Waals surface area (Å²) in [6.07, 6.45) is 1.82. The van der Waals surface area contributed by atoms with Crippen LogP contribution in [-0.4, -0.2) is 4.57 Å². The minimum atomic E-state index is -0.125. The molecule has 3 heteroatoms. The molecule has 0 unspecified atom stereocenters. The summed E-state index contributed by atoms with van der Waals surface area (Å²) in [5.41, 5.74) is 3.37. The fourth-order valence-corrected chi connectivity index (χ4v) is 2.51. The van der Waals surface area contributed by atoms with Crippen molar-refractivity contribution in [3.05, 3.63) is 88.3 Å². The second kappa shape index (κ2) is 5.71. The highest BCUT2D eigenvalue weighted by molar-refractivity contribution is 5.70. The van der Waals surface area contributed by atoms with Gasteiger partial charge in [-0.05, 0) is 36.8 Å². The monoisotopic (exact) mass is 286 g/mol. The van der Waals surface area contributed by atoms with Crippen LogP contribution in [0.2, 0.25) is 0 Å². The van der Waals surface area contributed by atoms with Gasteiger partial charge in [0.15, 0.2) is 0 Å². The predicted molar refractivity (Wildman–Crippen MR) is 86.9 cm³/mol. The quantitative estimate of drug-likeness (QED) is 0.721. The van der Waals surface area contributed by atoms with Crippen LogP contribution in [0.4, 0.5) is 0 Å². The van der Waals surface area contributed by atoms with E-state index in [9.17, 15) is 10.1 Å². The number of para-hydroxylation sites is 1. The number of aromatic nitrogens is 1. The van der Waals surface area contributed by atoms with Crippen LogP contribution in [0.15, 0.2) is 71.7 Å². The molecule has 1 aromatic heterocycles. The van der Waals surface area contributed by atoms with Gasteiger partial charge in [0.25, 0.3) is 5.56 Å². The number of benzene rings is 2. The van der Waals surface area contributed by atoms with Gasteiger partial charge in [0, 0.05) is 23.0 Å². The normalized spacial score (nSPS) is 10.2. The van der Waals surface area contributed by atoms with E-state index in [0.717, 1.165) is 11.3 Å². The van der Waals surface area contributed by atoms with E-state index in [1.165, 1.54) is 0 Å². The molecule has 22 heavy (non-hydrogen) atoms. The SMILES string of the molecule is Cc1cc(-c2ccccc2C#N)c(=O)n(-c2ccccc2)c1. The zero-order valence-electron chi connectivity index (χ0n) is 12.2. The third kappa shape index (κ3) is 2.43. The second-order valence-electron chi connectivity index (χ2n) is 5.10. The lowest BCUT2D eigenvalue weighted by molar-refractivity contribution is 0.979. The maximum Gasteiger partial charge on any atom is 0.263 e. The molecule has 0 amide bonds. The molecule has 0 aliphatic carbocycles. The Bertz CT molecular complexity index is 918. The van der Waals surface area contributed by atoms with Crippen LogP contribution in [0, 0.1) is 18.3 Å². The van der Waals surface area contributed by atoms with Gasteiger partial charge in [0.1, 0.15) is 0 Å². The first-order valence-corrected chi connectivity index (χ1v) is 6.99. The molecule has 0 aliphatic rings. The van der Waals surface area contributed by atoms with Gasteiger partial charge in [-0.1, -0.05) is 36.4 Å². The Balaban J connectivity index is 2.30. The van der Waals surface area contributed by atoms with E-state index < -0.39 is 0 Å². The van der Waals surface area contributed by atoms with Crippen LogP contribution < -0.4 is 5.56 Å². The predicted octanol–water partition coefficient (Wildman–Crippen LogP) is 3.68. The zero-order chi connectivity index (χ0) is 15.5. The Hall–Kier alpha value is -3.12. The van der Waals surface area contributed by atoms with E-state index in [4.69, 9.17) is 0 Å². The Kier molecular flexibility index (Phi) is 3.59. The molecule has 0 bridgehead atoms. The lowest BCUT2D eigenvalue weighted by Gasteiger charge is -2.11. The highest BCUT2D eigenvalue weighted by atomic mass is 16.1. The fraction of sp³-hybridized carbons (Fsp3) is 0.0526. The number of hydrogen-bond donors (Lipinski definition) is 0. The standard InChI is InChI=1S/C19H14N2O/c1-14-11-18(17-10-6-5-7-15(17)12-20)19(22)21(13-14)16-8-3-2-4-9-16/h2-11,13H,1H3. The third-order valence-electron chi connectivity index (χ3n) is 3.53. The molecule has 106 valence electrons. The first-order valence-electron chi connectivity index (χ1n) is 6.99. The minimum Gasteiger partial charge on any atom is -0.284 e. The van der Waals surface area contributed by atoms with Crippen LogP contribution in [0.1, 0.15) is 11.1 Å². The molecule has 0 fully saturated rings. The van der Waals surface area contributed by atoms with E-state index in [0.29, 0.717) is 16.7 Å². The maximum absolute atomic E-state index is 12.8. The van der Waals surface area contributed by atoms with Gasteiger partial charge in [0.05, 0.1) is 11.6 Å². The Morgan fingerprint density at radius 1 is 0.955 bits per heavy atom. The van der Waals surface area contributed by atoms with Crippen LogP contribution in [0.25, 0.3) is 16.8 Å². The van der Waals surface area contributed by atoms with Crippen molar-refractivity contribution >= 4 is 0 Å². The summed E-state index contributed by atoms with van der Waals surface area (Å²) in [6, 6.07) is 20.6. The number of nitriles is 1. The van der Waals surface area contributed by atoms with Gasteiger partial charge >= 0.3 is 0 Å². The summed E-state index contributed by atoms with van der Waals surface area (Å²) < 4.78 is 1.62. The van der Waals surface area contributed by atoms with Crippen molar-refractivity contribution in [3.63, 3.8) is 0 Å². The number of hydrogen-bond acceptors (Lipinski definition) is 2. The molecule has 1 heterocycles. The molecule has 0 saturated heterocycles. The van der Waals surface area contributed by atoms with Crippen molar-refractivity contribution in [1.29, 1.82) is 5.26 Å². The molecule has 0 N–H and O–H groups in total. The van der Waals surface area contributed by atoms with Crippen molar-refractivity contribution in [1.82, 2.24) is 4.57 Å². The maximum atomic E-state index is 12.8. The van der Waals surface area contributed by atoms with Crippen LogP contribution in [0.5, 0.6) is 0 Å².